The van der Waals surface area contributed by atoms with Crippen molar-refractivity contribution in [1.82, 2.24) is 10.2 Å². The predicted molar refractivity (Wildman–Crippen MR) is 75.6 cm³/mol. The first-order valence-electron chi connectivity index (χ1n) is 7.03. The number of urea groups is 1. The fourth-order valence-corrected chi connectivity index (χ4v) is 2.48. The van der Waals surface area contributed by atoms with Crippen LogP contribution in [0.25, 0.3) is 0 Å². The lowest BCUT2D eigenvalue weighted by atomic mass is 9.87. The van der Waals surface area contributed by atoms with Crippen molar-refractivity contribution in [1.29, 1.82) is 0 Å². The van der Waals surface area contributed by atoms with Gasteiger partial charge in [-0.1, -0.05) is 20.8 Å². The summed E-state index contributed by atoms with van der Waals surface area (Å²) in [6, 6.07) is -1.19. The molecule has 1 aliphatic rings. The minimum Gasteiger partial charge on any atom is -0.480 e. The Kier molecular flexibility index (Phi) is 5.80. The van der Waals surface area contributed by atoms with Gasteiger partial charge in [-0.2, -0.15) is 0 Å². The molecule has 1 heterocycles. The molecule has 0 aromatic heterocycles. The fourth-order valence-electron chi connectivity index (χ4n) is 2.48. The molecule has 0 radical (unpaired) electrons. The van der Waals surface area contributed by atoms with Crippen molar-refractivity contribution in [2.75, 3.05) is 26.8 Å². The van der Waals surface area contributed by atoms with E-state index >= 15 is 0 Å². The molecule has 0 spiro atoms. The lowest BCUT2D eigenvalue weighted by Crippen LogP contribution is -2.55. The molecule has 6 heteroatoms. The molecule has 1 saturated heterocycles. The largest absolute Gasteiger partial charge is 0.480 e. The SMILES string of the molecule is COCC1CCCN(C(=O)N[C@H](C(=O)O)C(C)(C)C)C1. The number of methoxy groups -OCH3 is 1. The van der Waals surface area contributed by atoms with Gasteiger partial charge in [-0.15, -0.1) is 0 Å². The van der Waals surface area contributed by atoms with E-state index in [1.165, 1.54) is 0 Å². The average Bonchev–Trinajstić information content (AvgIpc) is 2.34. The minimum absolute atomic E-state index is 0.298. The van der Waals surface area contributed by atoms with Crippen LogP contribution >= 0.6 is 0 Å². The number of nitrogens with one attached hydrogen (secondary N) is 1. The van der Waals surface area contributed by atoms with Crippen molar-refractivity contribution < 1.29 is 19.4 Å². The molecule has 20 heavy (non-hydrogen) atoms. The third kappa shape index (κ3) is 4.67. The molecule has 0 aromatic rings. The highest BCUT2D eigenvalue weighted by molar-refractivity contribution is 5.83. The smallest absolute Gasteiger partial charge is 0.326 e. The highest BCUT2D eigenvalue weighted by Gasteiger charge is 2.34. The lowest BCUT2D eigenvalue weighted by molar-refractivity contribution is -0.142. The molecule has 1 aliphatic heterocycles. The van der Waals surface area contributed by atoms with Gasteiger partial charge in [-0.05, 0) is 18.3 Å². The van der Waals surface area contributed by atoms with Crippen LogP contribution in [0.1, 0.15) is 33.6 Å². The molecule has 116 valence electrons. The van der Waals surface area contributed by atoms with Crippen LogP contribution in [0.3, 0.4) is 0 Å². The normalized spacial score (nSPS) is 21.4. The number of carbonyl (C=O) groups is 2. The number of carbonyl (C=O) groups excluding carboxylic acids is 1. The number of aliphatic carboxylic acids is 1. The second-order valence-electron chi connectivity index (χ2n) is 6.50. The molecule has 0 aromatic carbocycles. The molecular formula is C14H26N2O4. The molecular weight excluding hydrogens is 260 g/mol. The van der Waals surface area contributed by atoms with Crippen molar-refractivity contribution in [3.8, 4) is 0 Å². The summed E-state index contributed by atoms with van der Waals surface area (Å²) in [7, 11) is 1.65. The van der Waals surface area contributed by atoms with Gasteiger partial charge in [0.15, 0.2) is 0 Å². The number of amides is 2. The highest BCUT2D eigenvalue weighted by atomic mass is 16.5. The Balaban J connectivity index is 2.62. The summed E-state index contributed by atoms with van der Waals surface area (Å²) in [6.45, 7) is 7.33. The summed E-state index contributed by atoms with van der Waals surface area (Å²) in [4.78, 5) is 25.2. The molecule has 0 aliphatic carbocycles. The zero-order valence-corrected chi connectivity index (χ0v) is 12.8. The fraction of sp³-hybridized carbons (Fsp3) is 0.857. The summed E-state index contributed by atoms with van der Waals surface area (Å²) < 4.78 is 5.13. The van der Waals surface area contributed by atoms with Crippen LogP contribution in [0.15, 0.2) is 0 Å². The third-order valence-electron chi connectivity index (χ3n) is 3.59. The zero-order valence-electron chi connectivity index (χ0n) is 12.8. The van der Waals surface area contributed by atoms with E-state index in [4.69, 9.17) is 4.74 Å². The number of ether oxygens (including phenoxy) is 1. The van der Waals surface area contributed by atoms with Crippen molar-refractivity contribution in [3.63, 3.8) is 0 Å². The lowest BCUT2D eigenvalue weighted by Gasteiger charge is -2.35. The molecule has 2 amide bonds. The van der Waals surface area contributed by atoms with Gasteiger partial charge in [0, 0.05) is 26.1 Å². The van der Waals surface area contributed by atoms with Gasteiger partial charge in [0.2, 0.25) is 0 Å². The monoisotopic (exact) mass is 286 g/mol. The van der Waals surface area contributed by atoms with E-state index in [9.17, 15) is 14.7 Å². The van der Waals surface area contributed by atoms with E-state index < -0.39 is 17.4 Å². The van der Waals surface area contributed by atoms with Crippen LogP contribution in [0.2, 0.25) is 0 Å². The number of carboxylic acids is 1. The van der Waals surface area contributed by atoms with Crippen LogP contribution in [0, 0.1) is 11.3 Å². The van der Waals surface area contributed by atoms with Gasteiger partial charge >= 0.3 is 12.0 Å². The first-order chi connectivity index (χ1) is 9.25. The van der Waals surface area contributed by atoms with Crippen molar-refractivity contribution in [2.24, 2.45) is 11.3 Å². The summed E-state index contributed by atoms with van der Waals surface area (Å²) >= 11 is 0. The molecule has 0 saturated carbocycles. The van der Waals surface area contributed by atoms with E-state index in [-0.39, 0.29) is 6.03 Å². The van der Waals surface area contributed by atoms with Crippen LogP contribution in [0.5, 0.6) is 0 Å². The second kappa shape index (κ2) is 6.92. The Hall–Kier alpha value is -1.30. The van der Waals surface area contributed by atoms with Crippen molar-refractivity contribution >= 4 is 12.0 Å². The summed E-state index contributed by atoms with van der Waals surface area (Å²) in [5.41, 5.74) is -0.525. The van der Waals surface area contributed by atoms with Crippen molar-refractivity contribution in [2.45, 2.75) is 39.7 Å². The third-order valence-corrected chi connectivity index (χ3v) is 3.59. The first-order valence-corrected chi connectivity index (χ1v) is 7.03. The maximum Gasteiger partial charge on any atom is 0.326 e. The molecule has 0 bridgehead atoms. The van der Waals surface area contributed by atoms with Crippen LogP contribution in [-0.4, -0.2) is 54.9 Å². The average molecular weight is 286 g/mol. The minimum atomic E-state index is -1.00. The Morgan fingerprint density at radius 1 is 1.45 bits per heavy atom. The Labute approximate surface area is 120 Å². The molecule has 1 rings (SSSR count). The summed E-state index contributed by atoms with van der Waals surface area (Å²) in [6.07, 6.45) is 1.97. The number of rotatable bonds is 4. The molecule has 1 fully saturated rings. The number of hydrogen-bond donors (Lipinski definition) is 2. The Morgan fingerprint density at radius 2 is 2.10 bits per heavy atom. The standard InChI is InChI=1S/C14H26N2O4/c1-14(2,3)11(12(17)18)15-13(19)16-7-5-6-10(8-16)9-20-4/h10-11H,5-9H2,1-4H3,(H,15,19)(H,17,18)/t10?,11-/m1/s1. The van der Waals surface area contributed by atoms with Crippen LogP contribution in [0.4, 0.5) is 4.79 Å². The number of piperidine rings is 1. The van der Waals surface area contributed by atoms with E-state index in [0.717, 1.165) is 12.8 Å². The van der Waals surface area contributed by atoms with E-state index in [0.29, 0.717) is 25.6 Å². The van der Waals surface area contributed by atoms with Gasteiger partial charge in [0.05, 0.1) is 6.61 Å². The quantitative estimate of drug-likeness (QED) is 0.822. The second-order valence-corrected chi connectivity index (χ2v) is 6.50. The van der Waals surface area contributed by atoms with Gasteiger partial charge in [-0.3, -0.25) is 0 Å². The topological polar surface area (TPSA) is 78.9 Å². The maximum atomic E-state index is 12.2. The molecule has 1 unspecified atom stereocenters. The first kappa shape index (κ1) is 16.8. The Morgan fingerprint density at radius 3 is 2.60 bits per heavy atom. The number of likely N-dealkylation sites (tertiary alicyclic amines) is 1. The van der Waals surface area contributed by atoms with E-state index in [1.807, 2.05) is 0 Å². The maximum absolute atomic E-state index is 12.2. The van der Waals surface area contributed by atoms with Crippen LogP contribution in [-0.2, 0) is 9.53 Å². The number of nitrogens with zero attached hydrogens (tertiary/aromatic N) is 1. The number of carboxylic acid groups (broad SMARTS) is 1. The number of hydrogen-bond acceptors (Lipinski definition) is 3. The molecule has 2 atom stereocenters. The van der Waals surface area contributed by atoms with Gasteiger partial charge in [0.25, 0.3) is 0 Å². The van der Waals surface area contributed by atoms with Gasteiger partial charge in [0.1, 0.15) is 6.04 Å². The highest BCUT2D eigenvalue weighted by Crippen LogP contribution is 2.21. The Bertz CT molecular complexity index is 350. The van der Waals surface area contributed by atoms with E-state index in [1.54, 1.807) is 32.8 Å². The zero-order chi connectivity index (χ0) is 15.3. The summed E-state index contributed by atoms with van der Waals surface area (Å²) in [5.74, 6) is -0.672. The molecule has 6 nitrogen and oxygen atoms in total. The summed E-state index contributed by atoms with van der Waals surface area (Å²) in [5, 5.41) is 11.9. The predicted octanol–water partition coefficient (Wildman–Crippen LogP) is 1.55. The van der Waals surface area contributed by atoms with Crippen molar-refractivity contribution in [3.05, 3.63) is 0 Å². The van der Waals surface area contributed by atoms with Gasteiger partial charge < -0.3 is 20.1 Å². The molecule has 2 N–H and O–H groups in total. The van der Waals surface area contributed by atoms with Crippen LogP contribution < -0.4 is 5.32 Å². The van der Waals surface area contributed by atoms with Gasteiger partial charge in [-0.25, -0.2) is 9.59 Å². The van der Waals surface area contributed by atoms with E-state index in [2.05, 4.69) is 5.32 Å².